The predicted molar refractivity (Wildman–Crippen MR) is 101 cm³/mol. The molecule has 4 rings (SSSR count). The lowest BCUT2D eigenvalue weighted by Gasteiger charge is -2.46. The first-order valence-electron chi connectivity index (χ1n) is 9.18. The van der Waals surface area contributed by atoms with Gasteiger partial charge in [-0.15, -0.1) is 11.3 Å². The minimum Gasteiger partial charge on any atom is -0.350 e. The number of thiazole rings is 1. The molecule has 0 spiro atoms. The van der Waals surface area contributed by atoms with Gasteiger partial charge >= 0.3 is 0 Å². The minimum absolute atomic E-state index is 0.00558. The predicted octanol–water partition coefficient (Wildman–Crippen LogP) is 3.23. The molecule has 2 aromatic rings. The van der Waals surface area contributed by atoms with Crippen LogP contribution in [0.5, 0.6) is 0 Å². The van der Waals surface area contributed by atoms with Crippen molar-refractivity contribution < 1.29 is 9.59 Å². The van der Waals surface area contributed by atoms with E-state index < -0.39 is 0 Å². The summed E-state index contributed by atoms with van der Waals surface area (Å²) in [6.45, 7) is 1.28. The zero-order valence-electron chi connectivity index (χ0n) is 14.7. The number of carbonyl (C=O) groups excluding carboxylic acids is 2. The number of fused-ring (bicyclic) bond motifs is 1. The third kappa shape index (κ3) is 3.26. The molecule has 1 aliphatic carbocycles. The molecular weight excluding hydrogens is 346 g/mol. The topological polar surface area (TPSA) is 62.3 Å². The van der Waals surface area contributed by atoms with Crippen molar-refractivity contribution in [1.82, 2.24) is 15.2 Å². The van der Waals surface area contributed by atoms with Crippen LogP contribution < -0.4 is 5.32 Å². The van der Waals surface area contributed by atoms with Gasteiger partial charge in [-0.05, 0) is 24.8 Å². The Balaban J connectivity index is 1.50. The Morgan fingerprint density at radius 1 is 1.31 bits per heavy atom. The fraction of sp³-hybridized carbons (Fsp3) is 0.450. The lowest BCUT2D eigenvalue weighted by molar-refractivity contribution is -0.142. The van der Waals surface area contributed by atoms with Crippen LogP contribution in [0.15, 0.2) is 41.2 Å². The van der Waals surface area contributed by atoms with Gasteiger partial charge in [-0.3, -0.25) is 9.59 Å². The van der Waals surface area contributed by atoms with E-state index in [9.17, 15) is 9.59 Å². The maximum absolute atomic E-state index is 12.6. The monoisotopic (exact) mass is 369 g/mol. The lowest BCUT2D eigenvalue weighted by atomic mass is 9.74. The number of hydrogen-bond acceptors (Lipinski definition) is 4. The molecule has 2 fully saturated rings. The average molecular weight is 369 g/mol. The van der Waals surface area contributed by atoms with Gasteiger partial charge in [0.15, 0.2) is 0 Å². The van der Waals surface area contributed by atoms with E-state index in [1.807, 2.05) is 18.2 Å². The molecule has 2 atom stereocenters. The summed E-state index contributed by atoms with van der Waals surface area (Å²) in [5, 5.41) is 4.85. The summed E-state index contributed by atoms with van der Waals surface area (Å²) in [6.07, 6.45) is 4.61. The number of nitrogens with one attached hydrogen (secondary N) is 1. The summed E-state index contributed by atoms with van der Waals surface area (Å²) in [6, 6.07) is 10.4. The molecule has 0 unspecified atom stereocenters. The number of piperidine rings is 1. The van der Waals surface area contributed by atoms with E-state index in [0.29, 0.717) is 25.2 Å². The van der Waals surface area contributed by atoms with Crippen LogP contribution in [0.25, 0.3) is 0 Å². The summed E-state index contributed by atoms with van der Waals surface area (Å²) < 4.78 is 0. The Kier molecular flexibility index (Phi) is 4.76. The Morgan fingerprint density at radius 3 is 2.92 bits per heavy atom. The quantitative estimate of drug-likeness (QED) is 0.880. The Labute approximate surface area is 157 Å². The highest BCUT2D eigenvalue weighted by atomic mass is 32.1. The number of rotatable bonds is 5. The van der Waals surface area contributed by atoms with Crippen LogP contribution in [-0.4, -0.2) is 34.3 Å². The third-order valence-corrected chi connectivity index (χ3v) is 6.44. The normalized spacial score (nSPS) is 25.2. The molecule has 5 nitrogen and oxygen atoms in total. The molecule has 2 aliphatic rings. The molecule has 0 radical (unpaired) electrons. The summed E-state index contributed by atoms with van der Waals surface area (Å²) in [5.41, 5.74) is 3.31. The number of carbonyl (C=O) groups is 2. The largest absolute Gasteiger partial charge is 0.350 e. The maximum Gasteiger partial charge on any atom is 0.270 e. The van der Waals surface area contributed by atoms with Crippen LogP contribution in [0.3, 0.4) is 0 Å². The summed E-state index contributed by atoms with van der Waals surface area (Å²) in [4.78, 5) is 31.1. The number of hydrogen-bond donors (Lipinski definition) is 1. The number of benzene rings is 1. The fourth-order valence-electron chi connectivity index (χ4n) is 4.52. The zero-order chi connectivity index (χ0) is 18.0. The van der Waals surface area contributed by atoms with Gasteiger partial charge in [-0.25, -0.2) is 4.98 Å². The summed E-state index contributed by atoms with van der Waals surface area (Å²) in [7, 11) is 0. The molecule has 136 valence electrons. The Bertz CT molecular complexity index is 778. The van der Waals surface area contributed by atoms with Gasteiger partial charge in [0.2, 0.25) is 5.91 Å². The van der Waals surface area contributed by atoms with E-state index in [2.05, 4.69) is 27.3 Å². The number of likely N-dealkylation sites (tertiary alicyclic amines) is 1. The molecule has 1 N–H and O–H groups in total. The van der Waals surface area contributed by atoms with Crippen LogP contribution in [-0.2, 0) is 11.3 Å². The lowest BCUT2D eigenvalue weighted by Crippen LogP contribution is -2.55. The highest BCUT2D eigenvalue weighted by molar-refractivity contribution is 7.07. The highest BCUT2D eigenvalue weighted by Crippen LogP contribution is 2.48. The SMILES string of the molecule is O=C(NC[C@@]12CCC[C@H]1N(Cc1ccccc1)C(=O)CC2)c1cscn1. The van der Waals surface area contributed by atoms with Gasteiger partial charge in [-0.1, -0.05) is 36.8 Å². The molecule has 2 amide bonds. The second kappa shape index (κ2) is 7.19. The zero-order valence-corrected chi connectivity index (χ0v) is 15.5. The van der Waals surface area contributed by atoms with Gasteiger partial charge in [0.05, 0.1) is 5.51 Å². The van der Waals surface area contributed by atoms with E-state index in [1.165, 1.54) is 11.3 Å². The molecule has 1 aliphatic heterocycles. The molecular formula is C20H23N3O2S. The fourth-order valence-corrected chi connectivity index (χ4v) is 5.05. The van der Waals surface area contributed by atoms with E-state index >= 15 is 0 Å². The molecule has 1 aromatic carbocycles. The van der Waals surface area contributed by atoms with Gasteiger partial charge in [0, 0.05) is 36.3 Å². The van der Waals surface area contributed by atoms with Crippen molar-refractivity contribution in [3.05, 3.63) is 52.5 Å². The second-order valence-electron chi connectivity index (χ2n) is 7.33. The molecule has 2 heterocycles. The van der Waals surface area contributed by atoms with E-state index in [4.69, 9.17) is 0 Å². The van der Waals surface area contributed by atoms with Crippen molar-refractivity contribution in [3.63, 3.8) is 0 Å². The van der Waals surface area contributed by atoms with Crippen LogP contribution in [0.4, 0.5) is 0 Å². The third-order valence-electron chi connectivity index (χ3n) is 5.85. The van der Waals surface area contributed by atoms with Gasteiger partial charge in [0.1, 0.15) is 5.69 Å². The van der Waals surface area contributed by atoms with Crippen LogP contribution in [0, 0.1) is 5.41 Å². The maximum atomic E-state index is 12.6. The van der Waals surface area contributed by atoms with Crippen molar-refractivity contribution >= 4 is 23.2 Å². The van der Waals surface area contributed by atoms with Crippen molar-refractivity contribution in [2.75, 3.05) is 6.54 Å². The van der Waals surface area contributed by atoms with Gasteiger partial charge in [0.25, 0.3) is 5.91 Å². The van der Waals surface area contributed by atoms with Crippen LogP contribution in [0.1, 0.15) is 48.2 Å². The van der Waals surface area contributed by atoms with Crippen molar-refractivity contribution in [3.8, 4) is 0 Å². The molecule has 6 heteroatoms. The Hall–Kier alpha value is -2.21. The van der Waals surface area contributed by atoms with Crippen molar-refractivity contribution in [2.24, 2.45) is 5.41 Å². The molecule has 1 aromatic heterocycles. The summed E-state index contributed by atoms with van der Waals surface area (Å²) >= 11 is 1.42. The number of amides is 2. The molecule has 1 saturated heterocycles. The first-order valence-corrected chi connectivity index (χ1v) is 10.1. The van der Waals surface area contributed by atoms with Gasteiger partial charge < -0.3 is 10.2 Å². The number of aromatic nitrogens is 1. The second-order valence-corrected chi connectivity index (χ2v) is 8.05. The van der Waals surface area contributed by atoms with Crippen LogP contribution in [0.2, 0.25) is 0 Å². The van der Waals surface area contributed by atoms with E-state index in [0.717, 1.165) is 31.2 Å². The summed E-state index contributed by atoms with van der Waals surface area (Å²) in [5.74, 6) is 0.125. The minimum atomic E-state index is -0.113. The van der Waals surface area contributed by atoms with E-state index in [1.54, 1.807) is 10.9 Å². The molecule has 0 bridgehead atoms. The molecule has 26 heavy (non-hydrogen) atoms. The smallest absolute Gasteiger partial charge is 0.270 e. The van der Waals surface area contributed by atoms with Crippen LogP contribution >= 0.6 is 11.3 Å². The standard InChI is InChI=1S/C20H23N3O2S/c24-18-8-10-20(13-21-19(25)16-12-26-14-22-16)9-4-7-17(20)23(18)11-15-5-2-1-3-6-15/h1-3,5-6,12,14,17H,4,7-11,13H2,(H,21,25)/t17-,20+/m1/s1. The van der Waals surface area contributed by atoms with Crippen molar-refractivity contribution in [1.29, 1.82) is 0 Å². The first kappa shape index (κ1) is 17.2. The van der Waals surface area contributed by atoms with E-state index in [-0.39, 0.29) is 23.3 Å². The molecule has 1 saturated carbocycles. The van der Waals surface area contributed by atoms with Crippen molar-refractivity contribution in [2.45, 2.75) is 44.7 Å². The highest BCUT2D eigenvalue weighted by Gasteiger charge is 2.50. The van der Waals surface area contributed by atoms with Gasteiger partial charge in [-0.2, -0.15) is 0 Å². The number of nitrogens with zero attached hydrogens (tertiary/aromatic N) is 2. The average Bonchev–Trinajstić information content (AvgIpc) is 3.33. The Morgan fingerprint density at radius 2 is 2.15 bits per heavy atom. The first-order chi connectivity index (χ1) is 12.7.